The van der Waals surface area contributed by atoms with Crippen molar-refractivity contribution in [2.75, 3.05) is 13.7 Å². The number of carbonyl (C=O) groups is 1. The molecule has 3 rings (SSSR count). The number of hydrogen-bond donors (Lipinski definition) is 2. The van der Waals surface area contributed by atoms with Crippen molar-refractivity contribution >= 4 is 5.91 Å². The molecule has 0 aromatic carbocycles. The van der Waals surface area contributed by atoms with Crippen molar-refractivity contribution in [1.29, 1.82) is 0 Å². The number of H-pyrrole nitrogens is 2. The number of aromatic nitrogens is 3. The Labute approximate surface area is 140 Å². The zero-order valence-corrected chi connectivity index (χ0v) is 14.3. The van der Waals surface area contributed by atoms with Crippen molar-refractivity contribution < 1.29 is 9.53 Å². The van der Waals surface area contributed by atoms with Crippen LogP contribution >= 0.6 is 0 Å². The molecular formula is C17H22N4O3. The van der Waals surface area contributed by atoms with E-state index in [0.717, 1.165) is 17.2 Å². The molecule has 2 N–H and O–H groups in total. The monoisotopic (exact) mass is 330 g/mol. The molecule has 7 nitrogen and oxygen atoms in total. The third-order valence-electron chi connectivity index (χ3n) is 4.67. The molecule has 2 aromatic heterocycles. The molecule has 0 aliphatic carbocycles. The Morgan fingerprint density at radius 3 is 2.58 bits per heavy atom. The first kappa shape index (κ1) is 16.4. The van der Waals surface area contributed by atoms with Gasteiger partial charge in [0.15, 0.2) is 0 Å². The highest BCUT2D eigenvalue weighted by atomic mass is 16.5. The molecular weight excluding hydrogens is 308 g/mol. The Kier molecular flexibility index (Phi) is 4.28. The van der Waals surface area contributed by atoms with Gasteiger partial charge in [-0.3, -0.25) is 9.59 Å². The first-order valence-corrected chi connectivity index (χ1v) is 7.97. The number of imidazole rings is 1. The summed E-state index contributed by atoms with van der Waals surface area (Å²) in [4.78, 5) is 36.7. The van der Waals surface area contributed by atoms with Gasteiger partial charge in [0.2, 0.25) is 5.56 Å². The maximum atomic E-state index is 13.0. The number of aromatic amines is 2. The van der Waals surface area contributed by atoms with Crippen LogP contribution in [0.5, 0.6) is 0 Å². The quantitative estimate of drug-likeness (QED) is 0.895. The van der Waals surface area contributed by atoms with Gasteiger partial charge >= 0.3 is 0 Å². The minimum atomic E-state index is -0.214. The molecule has 24 heavy (non-hydrogen) atoms. The number of likely N-dealkylation sites (tertiary alicyclic amines) is 1. The molecule has 0 saturated carbocycles. The number of rotatable bonds is 3. The minimum Gasteiger partial charge on any atom is -0.380 e. The number of ether oxygens (including phenoxy) is 1. The van der Waals surface area contributed by atoms with E-state index in [1.165, 1.54) is 6.07 Å². The van der Waals surface area contributed by atoms with Crippen LogP contribution in [0.25, 0.3) is 0 Å². The molecule has 0 spiro atoms. The average molecular weight is 330 g/mol. The Balaban J connectivity index is 1.96. The first-order valence-electron chi connectivity index (χ1n) is 7.97. The van der Waals surface area contributed by atoms with E-state index in [1.807, 2.05) is 13.8 Å². The highest BCUT2D eigenvalue weighted by Crippen LogP contribution is 2.33. The third-order valence-corrected chi connectivity index (χ3v) is 4.67. The lowest BCUT2D eigenvalue weighted by molar-refractivity contribution is 0.0683. The number of aryl methyl sites for hydroxylation is 3. The smallest absolute Gasteiger partial charge is 0.256 e. The van der Waals surface area contributed by atoms with Crippen LogP contribution in [0.2, 0.25) is 0 Å². The van der Waals surface area contributed by atoms with Gasteiger partial charge in [-0.2, -0.15) is 0 Å². The van der Waals surface area contributed by atoms with Gasteiger partial charge < -0.3 is 19.6 Å². The number of nitrogens with one attached hydrogen (secondary N) is 2. The summed E-state index contributed by atoms with van der Waals surface area (Å²) in [6.07, 6.45) is 0.657. The van der Waals surface area contributed by atoms with E-state index < -0.39 is 0 Å². The highest BCUT2D eigenvalue weighted by molar-refractivity contribution is 5.95. The van der Waals surface area contributed by atoms with Crippen LogP contribution in [-0.2, 0) is 4.74 Å². The van der Waals surface area contributed by atoms with E-state index >= 15 is 0 Å². The number of carbonyl (C=O) groups excluding carboxylic acids is 1. The molecule has 2 aromatic rings. The molecule has 128 valence electrons. The van der Waals surface area contributed by atoms with Crippen molar-refractivity contribution in [3.63, 3.8) is 0 Å². The zero-order valence-electron chi connectivity index (χ0n) is 14.3. The molecule has 1 aliphatic heterocycles. The summed E-state index contributed by atoms with van der Waals surface area (Å²) in [7, 11) is 1.65. The normalized spacial score (nSPS) is 20.6. The third kappa shape index (κ3) is 2.87. The van der Waals surface area contributed by atoms with Gasteiger partial charge in [0.05, 0.1) is 23.4 Å². The van der Waals surface area contributed by atoms with Gasteiger partial charge in [0.1, 0.15) is 5.82 Å². The fourth-order valence-electron chi connectivity index (χ4n) is 3.15. The summed E-state index contributed by atoms with van der Waals surface area (Å²) >= 11 is 0. The summed E-state index contributed by atoms with van der Waals surface area (Å²) in [6, 6.07) is 2.79. The van der Waals surface area contributed by atoms with Crippen molar-refractivity contribution in [3.8, 4) is 0 Å². The molecule has 7 heteroatoms. The van der Waals surface area contributed by atoms with Gasteiger partial charge in [-0.1, -0.05) is 0 Å². The summed E-state index contributed by atoms with van der Waals surface area (Å²) in [5.74, 6) is 0.653. The Bertz CT molecular complexity index is 804. The summed E-state index contributed by atoms with van der Waals surface area (Å²) in [5, 5.41) is 0. The summed E-state index contributed by atoms with van der Waals surface area (Å²) < 4.78 is 5.47. The van der Waals surface area contributed by atoms with E-state index in [0.29, 0.717) is 24.2 Å². The molecule has 0 unspecified atom stereocenters. The first-order chi connectivity index (χ1) is 11.4. The van der Waals surface area contributed by atoms with Gasteiger partial charge in [-0.05, 0) is 26.8 Å². The second-order valence-electron chi connectivity index (χ2n) is 6.26. The predicted octanol–water partition coefficient (Wildman–Crippen LogP) is 1.63. The van der Waals surface area contributed by atoms with Crippen LogP contribution in [0.15, 0.2) is 16.9 Å². The molecule has 1 amide bonds. The number of nitrogens with zero attached hydrogens (tertiary/aromatic N) is 2. The lowest BCUT2D eigenvalue weighted by atomic mass is 10.1. The van der Waals surface area contributed by atoms with E-state index in [4.69, 9.17) is 4.74 Å². The van der Waals surface area contributed by atoms with Crippen LogP contribution in [-0.4, -0.2) is 45.5 Å². The van der Waals surface area contributed by atoms with E-state index in [2.05, 4.69) is 15.0 Å². The predicted molar refractivity (Wildman–Crippen MR) is 89.1 cm³/mol. The largest absolute Gasteiger partial charge is 0.380 e. The van der Waals surface area contributed by atoms with E-state index in [-0.39, 0.29) is 23.6 Å². The van der Waals surface area contributed by atoms with Gasteiger partial charge in [0, 0.05) is 37.5 Å². The van der Waals surface area contributed by atoms with Crippen molar-refractivity contribution in [2.24, 2.45) is 0 Å². The fourth-order valence-corrected chi connectivity index (χ4v) is 3.15. The van der Waals surface area contributed by atoms with Crippen LogP contribution < -0.4 is 5.56 Å². The van der Waals surface area contributed by atoms with Gasteiger partial charge in [-0.25, -0.2) is 4.98 Å². The van der Waals surface area contributed by atoms with Crippen molar-refractivity contribution in [3.05, 3.63) is 51.0 Å². The van der Waals surface area contributed by atoms with Crippen LogP contribution in [0.1, 0.15) is 45.7 Å². The Morgan fingerprint density at radius 2 is 2.00 bits per heavy atom. The number of hydrogen-bond acceptors (Lipinski definition) is 4. The molecule has 3 heterocycles. The number of methoxy groups -OCH3 is 1. The maximum absolute atomic E-state index is 13.0. The average Bonchev–Trinajstić information content (AvgIpc) is 3.10. The minimum absolute atomic E-state index is 0.0345. The van der Waals surface area contributed by atoms with E-state index in [9.17, 15) is 9.59 Å². The Morgan fingerprint density at radius 1 is 1.25 bits per heavy atom. The molecule has 1 saturated heterocycles. The van der Waals surface area contributed by atoms with Crippen molar-refractivity contribution in [1.82, 2.24) is 19.9 Å². The maximum Gasteiger partial charge on any atom is 0.256 e. The summed E-state index contributed by atoms with van der Waals surface area (Å²) in [5.41, 5.74) is 2.78. The lowest BCUT2D eigenvalue weighted by Crippen LogP contribution is -2.33. The molecule has 0 bridgehead atoms. The highest BCUT2D eigenvalue weighted by Gasteiger charge is 2.38. The molecule has 1 fully saturated rings. The van der Waals surface area contributed by atoms with Crippen LogP contribution in [0.3, 0.4) is 0 Å². The number of pyridine rings is 1. The fraction of sp³-hybridized carbons (Fsp3) is 0.471. The van der Waals surface area contributed by atoms with Gasteiger partial charge in [0.25, 0.3) is 5.91 Å². The summed E-state index contributed by atoms with van der Waals surface area (Å²) in [6.45, 7) is 6.13. The lowest BCUT2D eigenvalue weighted by Gasteiger charge is -2.23. The van der Waals surface area contributed by atoms with Crippen molar-refractivity contribution in [2.45, 2.75) is 39.3 Å². The zero-order chi connectivity index (χ0) is 17.4. The van der Waals surface area contributed by atoms with Crippen LogP contribution in [0.4, 0.5) is 0 Å². The second-order valence-corrected chi connectivity index (χ2v) is 6.26. The second kappa shape index (κ2) is 6.24. The standard InChI is InChI=1S/C17H22N4O3/c1-9-10(2)20-16(19-9)14-7-12(24-4)8-21(14)17(23)13-5-6-15(22)18-11(13)3/h5-6,12,14H,7-8H2,1-4H3,(H,18,22)(H,19,20)/t12-,14+/m1/s1. The molecule has 2 atom stereocenters. The molecule has 0 radical (unpaired) electrons. The Hall–Kier alpha value is -2.41. The molecule has 1 aliphatic rings. The van der Waals surface area contributed by atoms with Crippen LogP contribution in [0, 0.1) is 20.8 Å². The number of amides is 1. The van der Waals surface area contributed by atoms with Gasteiger partial charge in [-0.15, -0.1) is 0 Å². The van der Waals surface area contributed by atoms with E-state index in [1.54, 1.807) is 25.0 Å². The topological polar surface area (TPSA) is 91.1 Å². The SMILES string of the molecule is CO[C@@H]1C[C@@H](c2nc(C)c(C)[nH]2)N(C(=O)c2ccc(=O)[nH]c2C)C1.